The molecule has 0 aliphatic heterocycles. The fourth-order valence-electron chi connectivity index (χ4n) is 4.10. The number of nitrogens with two attached hydrogens (primary N) is 1. The maximum absolute atomic E-state index is 12.9. The lowest BCUT2D eigenvalue weighted by Crippen LogP contribution is -2.55. The average molecular weight is 504 g/mol. The lowest BCUT2D eigenvalue weighted by molar-refractivity contribution is -0.153. The SMILES string of the molecule is CCC(=O)N(C(=O)CC)C(C)(C)CC(C)(C)C(=O)NCC(=O)NC(C)C(=O)Nc1ccc(CN)cc1. The number of carbonyl (C=O) groups excluding carboxylic acids is 5. The highest BCUT2D eigenvalue weighted by atomic mass is 16.2. The number of hydrogen-bond donors (Lipinski definition) is 4. The molecule has 5 N–H and O–H groups in total. The number of anilines is 1. The van der Waals surface area contributed by atoms with E-state index in [0.717, 1.165) is 5.56 Å². The van der Waals surface area contributed by atoms with E-state index in [-0.39, 0.29) is 37.6 Å². The van der Waals surface area contributed by atoms with E-state index in [9.17, 15) is 24.0 Å². The summed E-state index contributed by atoms with van der Waals surface area (Å²) in [7, 11) is 0. The van der Waals surface area contributed by atoms with Crippen molar-refractivity contribution in [3.8, 4) is 0 Å². The largest absolute Gasteiger partial charge is 0.347 e. The smallest absolute Gasteiger partial charge is 0.246 e. The van der Waals surface area contributed by atoms with Gasteiger partial charge in [-0.25, -0.2) is 0 Å². The van der Waals surface area contributed by atoms with Gasteiger partial charge in [0.2, 0.25) is 29.5 Å². The number of carbonyl (C=O) groups is 5. The number of benzene rings is 1. The fraction of sp³-hybridized carbons (Fsp3) is 0.577. The molecule has 5 amide bonds. The van der Waals surface area contributed by atoms with Gasteiger partial charge < -0.3 is 21.7 Å². The standard InChI is InChI=1S/C26H41N5O5/c1-8-21(33)31(22(34)9-2)26(6,7)16-25(4,5)24(36)28-15-20(32)29-17(3)23(35)30-19-12-10-18(14-27)11-13-19/h10-13,17H,8-9,14-16,27H2,1-7H3,(H,28,36)(H,29,32)(H,30,35). The Bertz CT molecular complexity index is 940. The Morgan fingerprint density at radius 2 is 1.47 bits per heavy atom. The number of hydrogen-bond acceptors (Lipinski definition) is 6. The zero-order chi connectivity index (χ0) is 27.7. The van der Waals surface area contributed by atoms with Crippen molar-refractivity contribution < 1.29 is 24.0 Å². The molecule has 1 aromatic rings. The molecule has 200 valence electrons. The molecule has 1 atom stereocenters. The molecule has 1 aromatic carbocycles. The molecule has 0 spiro atoms. The molecule has 36 heavy (non-hydrogen) atoms. The van der Waals surface area contributed by atoms with Gasteiger partial charge in [-0.05, 0) is 44.9 Å². The van der Waals surface area contributed by atoms with Gasteiger partial charge in [0.1, 0.15) is 6.04 Å². The van der Waals surface area contributed by atoms with Crippen LogP contribution in [0, 0.1) is 5.41 Å². The Labute approximate surface area is 213 Å². The van der Waals surface area contributed by atoms with Crippen molar-refractivity contribution >= 4 is 35.2 Å². The van der Waals surface area contributed by atoms with E-state index in [0.29, 0.717) is 12.2 Å². The molecular formula is C26H41N5O5. The van der Waals surface area contributed by atoms with Gasteiger partial charge in [0.15, 0.2) is 0 Å². The van der Waals surface area contributed by atoms with Crippen molar-refractivity contribution in [3.05, 3.63) is 29.8 Å². The molecule has 0 saturated heterocycles. The Morgan fingerprint density at radius 3 is 1.94 bits per heavy atom. The molecular weight excluding hydrogens is 462 g/mol. The number of nitrogens with one attached hydrogen (secondary N) is 3. The highest BCUT2D eigenvalue weighted by Crippen LogP contribution is 2.33. The van der Waals surface area contributed by atoms with Gasteiger partial charge in [-0.2, -0.15) is 0 Å². The second-order valence-electron chi connectivity index (χ2n) is 10.1. The van der Waals surface area contributed by atoms with Crippen LogP contribution < -0.4 is 21.7 Å². The van der Waals surface area contributed by atoms with Crippen molar-refractivity contribution in [3.63, 3.8) is 0 Å². The van der Waals surface area contributed by atoms with E-state index >= 15 is 0 Å². The van der Waals surface area contributed by atoms with Crippen LogP contribution in [0.4, 0.5) is 5.69 Å². The van der Waals surface area contributed by atoms with Gasteiger partial charge in [0.25, 0.3) is 0 Å². The summed E-state index contributed by atoms with van der Waals surface area (Å²) in [6.07, 6.45) is 0.548. The minimum Gasteiger partial charge on any atom is -0.347 e. The van der Waals surface area contributed by atoms with Crippen LogP contribution in [-0.4, -0.2) is 52.6 Å². The second-order valence-corrected chi connectivity index (χ2v) is 10.1. The van der Waals surface area contributed by atoms with Crippen molar-refractivity contribution in [1.82, 2.24) is 15.5 Å². The third kappa shape index (κ3) is 8.75. The molecule has 1 unspecified atom stereocenters. The van der Waals surface area contributed by atoms with Gasteiger partial charge in [-0.15, -0.1) is 0 Å². The summed E-state index contributed by atoms with van der Waals surface area (Å²) in [5.41, 5.74) is 5.18. The first-order valence-electron chi connectivity index (χ1n) is 12.2. The Kier molecular flexibility index (Phi) is 11.2. The Hall–Kier alpha value is -3.27. The highest BCUT2D eigenvalue weighted by molar-refractivity contribution is 5.98. The maximum atomic E-state index is 12.9. The van der Waals surface area contributed by atoms with Gasteiger partial charge in [-0.3, -0.25) is 28.9 Å². The zero-order valence-electron chi connectivity index (χ0n) is 22.5. The van der Waals surface area contributed by atoms with E-state index in [1.165, 1.54) is 4.90 Å². The van der Waals surface area contributed by atoms with Crippen LogP contribution in [0.2, 0.25) is 0 Å². The molecule has 10 nitrogen and oxygen atoms in total. The molecule has 0 heterocycles. The quantitative estimate of drug-likeness (QED) is 0.343. The first kappa shape index (κ1) is 30.8. The first-order valence-corrected chi connectivity index (χ1v) is 12.2. The van der Waals surface area contributed by atoms with Gasteiger partial charge in [0.05, 0.1) is 6.54 Å². The van der Waals surface area contributed by atoms with Crippen molar-refractivity contribution in [1.29, 1.82) is 0 Å². The lowest BCUT2D eigenvalue weighted by atomic mass is 9.78. The molecule has 1 rings (SSSR count). The van der Waals surface area contributed by atoms with E-state index in [4.69, 9.17) is 5.73 Å². The van der Waals surface area contributed by atoms with Gasteiger partial charge >= 0.3 is 0 Å². The van der Waals surface area contributed by atoms with Crippen molar-refractivity contribution in [2.75, 3.05) is 11.9 Å². The Morgan fingerprint density at radius 1 is 0.944 bits per heavy atom. The minimum atomic E-state index is -0.983. The third-order valence-electron chi connectivity index (χ3n) is 5.84. The minimum absolute atomic E-state index is 0.173. The van der Waals surface area contributed by atoms with Crippen LogP contribution in [-0.2, 0) is 30.5 Å². The summed E-state index contributed by atoms with van der Waals surface area (Å²) in [6, 6.07) is 6.22. The van der Waals surface area contributed by atoms with E-state index in [1.54, 1.807) is 72.7 Å². The molecule has 10 heteroatoms. The number of imide groups is 1. The average Bonchev–Trinajstić information content (AvgIpc) is 2.81. The summed E-state index contributed by atoms with van der Waals surface area (Å²) >= 11 is 0. The predicted octanol–water partition coefficient (Wildman–Crippen LogP) is 2.07. The normalized spacial score (nSPS) is 12.3. The van der Waals surface area contributed by atoms with Crippen LogP contribution in [0.15, 0.2) is 24.3 Å². The molecule has 0 bridgehead atoms. The molecule has 0 radical (unpaired) electrons. The van der Waals surface area contributed by atoms with Crippen LogP contribution in [0.5, 0.6) is 0 Å². The molecule has 0 fully saturated rings. The number of rotatable bonds is 12. The Balaban J connectivity index is 2.69. The zero-order valence-corrected chi connectivity index (χ0v) is 22.5. The predicted molar refractivity (Wildman–Crippen MR) is 138 cm³/mol. The van der Waals surface area contributed by atoms with Crippen LogP contribution in [0.3, 0.4) is 0 Å². The van der Waals surface area contributed by atoms with Crippen LogP contribution in [0.25, 0.3) is 0 Å². The molecule has 0 saturated carbocycles. The molecule has 0 aliphatic rings. The summed E-state index contributed by atoms with van der Waals surface area (Å²) in [5, 5.41) is 7.86. The van der Waals surface area contributed by atoms with Crippen LogP contribution in [0.1, 0.15) is 73.3 Å². The van der Waals surface area contributed by atoms with E-state index < -0.39 is 34.7 Å². The van der Waals surface area contributed by atoms with Crippen molar-refractivity contribution in [2.45, 2.75) is 85.9 Å². The van der Waals surface area contributed by atoms with E-state index in [2.05, 4.69) is 16.0 Å². The van der Waals surface area contributed by atoms with Crippen LogP contribution >= 0.6 is 0 Å². The summed E-state index contributed by atoms with van der Waals surface area (Å²) in [6.45, 7) is 11.9. The summed E-state index contributed by atoms with van der Waals surface area (Å²) < 4.78 is 0. The maximum Gasteiger partial charge on any atom is 0.246 e. The first-order chi connectivity index (χ1) is 16.7. The number of amides is 5. The van der Waals surface area contributed by atoms with Gasteiger partial charge in [0, 0.05) is 36.0 Å². The fourth-order valence-corrected chi connectivity index (χ4v) is 4.10. The highest BCUT2D eigenvalue weighted by Gasteiger charge is 2.41. The van der Waals surface area contributed by atoms with Crippen molar-refractivity contribution in [2.24, 2.45) is 11.1 Å². The van der Waals surface area contributed by atoms with Gasteiger partial charge in [-0.1, -0.05) is 39.8 Å². The molecule has 0 aromatic heterocycles. The summed E-state index contributed by atoms with van der Waals surface area (Å²) in [4.78, 5) is 63.8. The third-order valence-corrected chi connectivity index (χ3v) is 5.84. The second kappa shape index (κ2) is 13.2. The number of nitrogens with zero attached hydrogens (tertiary/aromatic N) is 1. The van der Waals surface area contributed by atoms with E-state index in [1.807, 2.05) is 0 Å². The lowest BCUT2D eigenvalue weighted by Gasteiger charge is -2.41. The topological polar surface area (TPSA) is 151 Å². The monoisotopic (exact) mass is 503 g/mol. The molecule has 0 aliphatic carbocycles. The summed E-state index contributed by atoms with van der Waals surface area (Å²) in [5.74, 6) is -1.94.